The van der Waals surface area contributed by atoms with Gasteiger partial charge in [0, 0.05) is 49.1 Å². The molecule has 3 N–H and O–H groups in total. The third-order valence-corrected chi connectivity index (χ3v) is 6.88. The van der Waals surface area contributed by atoms with Crippen LogP contribution < -0.4 is 15.4 Å². The van der Waals surface area contributed by atoms with Gasteiger partial charge >= 0.3 is 0 Å². The fourth-order valence-electron chi connectivity index (χ4n) is 2.94. The summed E-state index contributed by atoms with van der Waals surface area (Å²) in [6, 6.07) is 9.19. The molecule has 0 radical (unpaired) electrons. The Morgan fingerprint density at radius 3 is 2.59 bits per heavy atom. The number of sulfonamides is 1. The van der Waals surface area contributed by atoms with Gasteiger partial charge < -0.3 is 10.6 Å². The van der Waals surface area contributed by atoms with Crippen molar-refractivity contribution in [1.82, 2.24) is 15.0 Å². The molecule has 2 heterocycles. The minimum absolute atomic E-state index is 0.00890. The Kier molecular flexibility index (Phi) is 6.20. The molecule has 3 rings (SSSR count). The third kappa shape index (κ3) is 5.52. The van der Waals surface area contributed by atoms with E-state index in [1.54, 1.807) is 6.20 Å². The molecule has 9 nitrogen and oxygen atoms in total. The first-order chi connectivity index (χ1) is 13.7. The lowest BCUT2D eigenvalue weighted by molar-refractivity contribution is 0.0956. The Labute approximate surface area is 169 Å². The van der Waals surface area contributed by atoms with E-state index in [0.717, 1.165) is 17.6 Å². The van der Waals surface area contributed by atoms with Gasteiger partial charge in [0.25, 0.3) is 5.91 Å². The van der Waals surface area contributed by atoms with E-state index in [-0.39, 0.29) is 35.2 Å². The maximum absolute atomic E-state index is 12.6. The molecule has 0 saturated heterocycles. The lowest BCUT2D eigenvalue weighted by atomic mass is 10.0. The summed E-state index contributed by atoms with van der Waals surface area (Å²) in [6.07, 6.45) is 2.76. The summed E-state index contributed by atoms with van der Waals surface area (Å²) in [5.74, 6) is 0.118. The first kappa shape index (κ1) is 21.2. The van der Waals surface area contributed by atoms with Gasteiger partial charge in [0.2, 0.25) is 10.0 Å². The molecule has 29 heavy (non-hydrogen) atoms. The number of anilines is 1. The minimum atomic E-state index is -3.74. The van der Waals surface area contributed by atoms with Crippen molar-refractivity contribution in [2.75, 3.05) is 37.0 Å². The van der Waals surface area contributed by atoms with Gasteiger partial charge in [0.15, 0.2) is 0 Å². The zero-order chi connectivity index (χ0) is 21.1. The van der Waals surface area contributed by atoms with E-state index in [0.29, 0.717) is 6.54 Å². The molecule has 1 unspecified atom stereocenters. The van der Waals surface area contributed by atoms with Crippen LogP contribution in [0.4, 0.5) is 5.82 Å². The van der Waals surface area contributed by atoms with Crippen LogP contribution in [0.25, 0.3) is 0 Å². The summed E-state index contributed by atoms with van der Waals surface area (Å²) in [5, 5.41) is 5.63. The molecule has 2 aromatic rings. The molecule has 0 aliphatic carbocycles. The van der Waals surface area contributed by atoms with Gasteiger partial charge in [-0.2, -0.15) is 0 Å². The summed E-state index contributed by atoms with van der Waals surface area (Å²) < 4.78 is 49.9. The predicted molar refractivity (Wildman–Crippen MR) is 109 cm³/mol. The molecule has 11 heteroatoms. The normalized spacial score (nSPS) is 16.1. The van der Waals surface area contributed by atoms with Crippen molar-refractivity contribution in [3.8, 4) is 0 Å². The fourth-order valence-corrected chi connectivity index (χ4v) is 4.49. The number of nitrogens with zero attached hydrogens (tertiary/aromatic N) is 1. The molecule has 0 fully saturated rings. The molecular formula is C18H22N4O5S2. The zero-order valence-electron chi connectivity index (χ0n) is 15.8. The Hall–Kier alpha value is -2.50. The smallest absolute Gasteiger partial charge is 0.251 e. The van der Waals surface area contributed by atoms with Gasteiger partial charge in [0.1, 0.15) is 15.7 Å². The number of amides is 1. The number of rotatable bonds is 8. The van der Waals surface area contributed by atoms with Gasteiger partial charge in [-0.15, -0.1) is 0 Å². The third-order valence-electron chi connectivity index (χ3n) is 4.50. The number of fused-ring (bicyclic) bond motifs is 1. The second-order valence-corrected chi connectivity index (χ2v) is 10.8. The van der Waals surface area contributed by atoms with Crippen LogP contribution in [0.15, 0.2) is 47.5 Å². The lowest BCUT2D eigenvalue weighted by Crippen LogP contribution is -2.30. The van der Waals surface area contributed by atoms with Gasteiger partial charge in [0.05, 0.1) is 10.6 Å². The van der Waals surface area contributed by atoms with Crippen LogP contribution in [0.3, 0.4) is 0 Å². The van der Waals surface area contributed by atoms with Crippen LogP contribution in [0.1, 0.15) is 21.8 Å². The SMILES string of the molecule is CS(=O)(=O)CCNC(=O)c1ccc(S(=O)(=O)NCC2CNc3ncccc32)cc1. The second kappa shape index (κ2) is 8.47. The Morgan fingerprint density at radius 1 is 1.17 bits per heavy atom. The maximum Gasteiger partial charge on any atom is 0.251 e. The van der Waals surface area contributed by atoms with E-state index < -0.39 is 25.8 Å². The molecule has 1 aliphatic rings. The van der Waals surface area contributed by atoms with Crippen molar-refractivity contribution in [2.45, 2.75) is 10.8 Å². The predicted octanol–water partition coefficient (Wildman–Crippen LogP) is 0.344. The largest absolute Gasteiger partial charge is 0.369 e. The number of carbonyl (C=O) groups excluding carboxylic acids is 1. The summed E-state index contributed by atoms with van der Waals surface area (Å²) in [7, 11) is -6.91. The number of nitrogens with one attached hydrogen (secondary N) is 3. The van der Waals surface area contributed by atoms with E-state index in [2.05, 4.69) is 20.3 Å². The fraction of sp³-hybridized carbons (Fsp3) is 0.333. The quantitative estimate of drug-likeness (QED) is 0.541. The van der Waals surface area contributed by atoms with E-state index in [4.69, 9.17) is 0 Å². The number of hydrogen-bond donors (Lipinski definition) is 3. The van der Waals surface area contributed by atoms with Crippen molar-refractivity contribution >= 4 is 31.6 Å². The van der Waals surface area contributed by atoms with Crippen LogP contribution in [0.5, 0.6) is 0 Å². The number of pyridine rings is 1. The van der Waals surface area contributed by atoms with Crippen LogP contribution >= 0.6 is 0 Å². The van der Waals surface area contributed by atoms with Crippen LogP contribution in [0, 0.1) is 0 Å². The van der Waals surface area contributed by atoms with Crippen molar-refractivity contribution in [3.05, 3.63) is 53.7 Å². The van der Waals surface area contributed by atoms with E-state index >= 15 is 0 Å². The summed E-state index contributed by atoms with van der Waals surface area (Å²) in [5.41, 5.74) is 1.22. The van der Waals surface area contributed by atoms with Gasteiger partial charge in [-0.25, -0.2) is 26.5 Å². The molecule has 0 bridgehead atoms. The molecule has 1 aromatic carbocycles. The molecule has 1 aliphatic heterocycles. The zero-order valence-corrected chi connectivity index (χ0v) is 17.4. The number of benzene rings is 1. The number of sulfone groups is 1. The van der Waals surface area contributed by atoms with Gasteiger partial charge in [-0.05, 0) is 30.3 Å². The van der Waals surface area contributed by atoms with Crippen molar-refractivity contribution in [1.29, 1.82) is 0 Å². The number of carbonyl (C=O) groups is 1. The van der Waals surface area contributed by atoms with E-state index in [1.165, 1.54) is 24.3 Å². The Balaban J connectivity index is 1.59. The van der Waals surface area contributed by atoms with Gasteiger partial charge in [-0.3, -0.25) is 4.79 Å². The summed E-state index contributed by atoms with van der Waals surface area (Å²) >= 11 is 0. The molecule has 0 spiro atoms. The molecule has 1 amide bonds. The van der Waals surface area contributed by atoms with Crippen molar-refractivity contribution in [2.24, 2.45) is 0 Å². The average molecular weight is 439 g/mol. The first-order valence-electron chi connectivity index (χ1n) is 8.90. The maximum atomic E-state index is 12.6. The van der Waals surface area contributed by atoms with Crippen molar-refractivity contribution in [3.63, 3.8) is 0 Å². The standard InChI is InChI=1S/C18H22N4O5S2/c1-28(24,25)10-9-20-18(23)13-4-6-15(7-5-13)29(26,27)22-12-14-11-21-17-16(14)3-2-8-19-17/h2-8,14,22H,9-12H2,1H3,(H,19,21)(H,20,23). The van der Waals surface area contributed by atoms with Crippen LogP contribution in [-0.4, -0.2) is 59.4 Å². The number of hydrogen-bond acceptors (Lipinski definition) is 7. The highest BCUT2D eigenvalue weighted by atomic mass is 32.2. The topological polar surface area (TPSA) is 134 Å². The molecule has 1 atom stereocenters. The molecule has 1 aromatic heterocycles. The highest BCUT2D eigenvalue weighted by Gasteiger charge is 2.25. The van der Waals surface area contributed by atoms with Crippen LogP contribution in [-0.2, 0) is 19.9 Å². The van der Waals surface area contributed by atoms with Gasteiger partial charge in [-0.1, -0.05) is 6.07 Å². The first-order valence-corrected chi connectivity index (χ1v) is 12.4. The van der Waals surface area contributed by atoms with Crippen molar-refractivity contribution < 1.29 is 21.6 Å². The average Bonchev–Trinajstić information content (AvgIpc) is 3.09. The highest BCUT2D eigenvalue weighted by molar-refractivity contribution is 7.90. The van der Waals surface area contributed by atoms with E-state index in [9.17, 15) is 21.6 Å². The molecule has 0 saturated carbocycles. The second-order valence-electron chi connectivity index (χ2n) is 6.78. The molecular weight excluding hydrogens is 416 g/mol. The van der Waals surface area contributed by atoms with E-state index in [1.807, 2.05) is 12.1 Å². The highest BCUT2D eigenvalue weighted by Crippen LogP contribution is 2.28. The Morgan fingerprint density at radius 2 is 1.90 bits per heavy atom. The van der Waals surface area contributed by atoms with Crippen LogP contribution in [0.2, 0.25) is 0 Å². The molecule has 156 valence electrons. The Bertz CT molecular complexity index is 1100. The monoisotopic (exact) mass is 438 g/mol. The summed E-state index contributed by atoms with van der Waals surface area (Å²) in [6.45, 7) is 0.814. The summed E-state index contributed by atoms with van der Waals surface area (Å²) in [4.78, 5) is 16.3. The minimum Gasteiger partial charge on any atom is -0.369 e. The number of aromatic nitrogens is 1. The lowest BCUT2D eigenvalue weighted by Gasteiger charge is -2.12.